The van der Waals surface area contributed by atoms with Crippen molar-refractivity contribution < 1.29 is 18.7 Å². The fourth-order valence-corrected chi connectivity index (χ4v) is 2.83. The number of ether oxygens (including phenoxy) is 1. The number of amides is 2. The molecule has 1 aromatic rings. The van der Waals surface area contributed by atoms with Crippen LogP contribution < -0.4 is 5.32 Å². The zero-order chi connectivity index (χ0) is 18.1. The molecular weight excluding hydrogens is 325 g/mol. The van der Waals surface area contributed by atoms with Crippen molar-refractivity contribution in [1.82, 2.24) is 15.1 Å². The highest BCUT2D eigenvalue weighted by Gasteiger charge is 2.21. The van der Waals surface area contributed by atoms with Crippen LogP contribution in [0.3, 0.4) is 0 Å². The van der Waals surface area contributed by atoms with Crippen LogP contribution in [0.15, 0.2) is 24.3 Å². The smallest absolute Gasteiger partial charge is 0.236 e. The van der Waals surface area contributed by atoms with Crippen LogP contribution in [0.5, 0.6) is 0 Å². The maximum atomic E-state index is 13.2. The Morgan fingerprint density at radius 3 is 2.56 bits per heavy atom. The predicted octanol–water partition coefficient (Wildman–Crippen LogP) is 0.665. The van der Waals surface area contributed by atoms with Crippen LogP contribution in [-0.2, 0) is 20.7 Å². The predicted molar refractivity (Wildman–Crippen MR) is 92.6 cm³/mol. The van der Waals surface area contributed by atoms with Crippen LogP contribution in [0.25, 0.3) is 0 Å². The normalized spacial score (nSPS) is 15.1. The van der Waals surface area contributed by atoms with Gasteiger partial charge in [0.05, 0.1) is 19.6 Å². The Morgan fingerprint density at radius 2 is 1.88 bits per heavy atom. The lowest BCUT2D eigenvalue weighted by atomic mass is 10.1. The number of hydrogen-bond acceptors (Lipinski definition) is 4. The van der Waals surface area contributed by atoms with E-state index in [1.165, 1.54) is 12.1 Å². The van der Waals surface area contributed by atoms with Crippen molar-refractivity contribution in [2.24, 2.45) is 0 Å². The first kappa shape index (κ1) is 19.3. The molecule has 2 rings (SSSR count). The van der Waals surface area contributed by atoms with Crippen molar-refractivity contribution in [2.75, 3.05) is 53.0 Å². The zero-order valence-corrected chi connectivity index (χ0v) is 14.7. The summed E-state index contributed by atoms with van der Waals surface area (Å²) in [4.78, 5) is 28.2. The van der Waals surface area contributed by atoms with E-state index < -0.39 is 0 Å². The van der Waals surface area contributed by atoms with E-state index in [0.29, 0.717) is 44.9 Å². The molecule has 1 aromatic carbocycles. The zero-order valence-electron chi connectivity index (χ0n) is 14.7. The second-order valence-electron chi connectivity index (χ2n) is 6.09. The van der Waals surface area contributed by atoms with Crippen molar-refractivity contribution in [2.45, 2.75) is 12.8 Å². The molecule has 138 valence electrons. The molecule has 25 heavy (non-hydrogen) atoms. The first-order valence-corrected chi connectivity index (χ1v) is 8.60. The lowest BCUT2D eigenvalue weighted by Gasteiger charge is -2.22. The number of benzene rings is 1. The van der Waals surface area contributed by atoms with Crippen molar-refractivity contribution in [3.05, 3.63) is 35.6 Å². The highest BCUT2D eigenvalue weighted by atomic mass is 19.1. The number of rotatable bonds is 7. The fraction of sp³-hybridized carbons (Fsp3) is 0.556. The number of halogens is 1. The van der Waals surface area contributed by atoms with Gasteiger partial charge in [-0.1, -0.05) is 12.1 Å². The van der Waals surface area contributed by atoms with Gasteiger partial charge in [0.2, 0.25) is 11.8 Å². The summed E-state index contributed by atoms with van der Waals surface area (Å²) < 4.78 is 18.2. The summed E-state index contributed by atoms with van der Waals surface area (Å²) in [6, 6.07) is 6.11. The van der Waals surface area contributed by atoms with E-state index in [1.54, 1.807) is 29.0 Å². The molecule has 0 aromatic heterocycles. The highest BCUT2D eigenvalue weighted by Crippen LogP contribution is 2.09. The third-order valence-electron chi connectivity index (χ3n) is 4.20. The molecule has 0 atom stereocenters. The lowest BCUT2D eigenvalue weighted by molar-refractivity contribution is -0.132. The van der Waals surface area contributed by atoms with Crippen LogP contribution in [-0.4, -0.2) is 74.6 Å². The Morgan fingerprint density at radius 1 is 1.16 bits per heavy atom. The molecule has 1 aliphatic heterocycles. The average Bonchev–Trinajstić information content (AvgIpc) is 2.85. The third-order valence-corrected chi connectivity index (χ3v) is 4.20. The van der Waals surface area contributed by atoms with Crippen LogP contribution >= 0.6 is 0 Å². The molecule has 0 bridgehead atoms. The molecule has 2 amide bonds. The van der Waals surface area contributed by atoms with Gasteiger partial charge in [-0.15, -0.1) is 0 Å². The summed E-state index contributed by atoms with van der Waals surface area (Å²) in [5.74, 6) is -0.326. The van der Waals surface area contributed by atoms with Gasteiger partial charge in [-0.25, -0.2) is 4.39 Å². The third kappa shape index (κ3) is 6.43. The number of hydrogen-bond donors (Lipinski definition) is 1. The van der Waals surface area contributed by atoms with Gasteiger partial charge in [0.15, 0.2) is 0 Å². The number of nitrogens with one attached hydrogen (secondary N) is 1. The summed E-state index contributed by atoms with van der Waals surface area (Å²) in [5, 5.41) is 3.04. The van der Waals surface area contributed by atoms with E-state index in [9.17, 15) is 14.0 Å². The first-order chi connectivity index (χ1) is 12.1. The summed E-state index contributed by atoms with van der Waals surface area (Å²) in [6.07, 6.45) is 0.934. The Kier molecular flexibility index (Phi) is 7.81. The van der Waals surface area contributed by atoms with Gasteiger partial charge >= 0.3 is 0 Å². The molecule has 1 saturated heterocycles. The molecule has 6 nitrogen and oxygen atoms in total. The minimum absolute atomic E-state index is 0.0295. The second kappa shape index (κ2) is 10.1. The molecule has 1 fully saturated rings. The summed E-state index contributed by atoms with van der Waals surface area (Å²) in [7, 11) is 1.62. The Balaban J connectivity index is 1.80. The number of methoxy groups -OCH3 is 1. The summed E-state index contributed by atoms with van der Waals surface area (Å²) in [5.41, 5.74) is 0.671. The Hall–Kier alpha value is -1.99. The van der Waals surface area contributed by atoms with E-state index in [2.05, 4.69) is 5.32 Å². The summed E-state index contributed by atoms with van der Waals surface area (Å²) >= 11 is 0. The van der Waals surface area contributed by atoms with E-state index in [1.807, 2.05) is 0 Å². The quantitative estimate of drug-likeness (QED) is 0.734. The number of carbonyl (C=O) groups excluding carboxylic acids is 2. The van der Waals surface area contributed by atoms with Crippen LogP contribution in [0.1, 0.15) is 12.0 Å². The molecule has 0 radical (unpaired) electrons. The van der Waals surface area contributed by atoms with Gasteiger partial charge in [0, 0.05) is 39.8 Å². The fourth-order valence-electron chi connectivity index (χ4n) is 2.83. The number of nitrogens with zero attached hydrogens (tertiary/aromatic N) is 2. The first-order valence-electron chi connectivity index (χ1n) is 8.60. The van der Waals surface area contributed by atoms with Crippen LogP contribution in [0, 0.1) is 5.82 Å². The average molecular weight is 351 g/mol. The topological polar surface area (TPSA) is 61.9 Å². The summed E-state index contributed by atoms with van der Waals surface area (Å²) in [6.45, 7) is 3.78. The van der Waals surface area contributed by atoms with E-state index in [-0.39, 0.29) is 30.6 Å². The molecule has 0 saturated carbocycles. The van der Waals surface area contributed by atoms with Crippen molar-refractivity contribution >= 4 is 11.8 Å². The largest absolute Gasteiger partial charge is 0.383 e. The molecule has 1 N–H and O–H groups in total. The monoisotopic (exact) mass is 351 g/mol. The Labute approximate surface area is 147 Å². The molecule has 0 unspecified atom stereocenters. The molecule has 1 heterocycles. The minimum atomic E-state index is -0.334. The molecule has 0 spiro atoms. The minimum Gasteiger partial charge on any atom is -0.383 e. The molecule has 1 aliphatic rings. The number of carbonyl (C=O) groups is 2. The van der Waals surface area contributed by atoms with Gasteiger partial charge in [-0.3, -0.25) is 9.59 Å². The molecule has 7 heteroatoms. The van der Waals surface area contributed by atoms with Crippen LogP contribution in [0.4, 0.5) is 4.39 Å². The van der Waals surface area contributed by atoms with Crippen molar-refractivity contribution in [3.8, 4) is 0 Å². The highest BCUT2D eigenvalue weighted by molar-refractivity contribution is 5.80. The van der Waals surface area contributed by atoms with Gasteiger partial charge in [0.25, 0.3) is 0 Å². The second-order valence-corrected chi connectivity index (χ2v) is 6.09. The van der Waals surface area contributed by atoms with Gasteiger partial charge in [-0.2, -0.15) is 0 Å². The van der Waals surface area contributed by atoms with Crippen molar-refractivity contribution in [3.63, 3.8) is 0 Å². The standard InChI is InChI=1S/C18H26FN3O3/c1-25-11-6-20-14-18(24)22-8-3-7-21(9-10-22)17(23)13-15-4-2-5-16(19)12-15/h2,4-5,12,20H,3,6-11,13-14H2,1H3. The molecular formula is C18H26FN3O3. The van der Waals surface area contributed by atoms with Gasteiger partial charge in [0.1, 0.15) is 5.82 Å². The SMILES string of the molecule is COCCNCC(=O)N1CCCN(C(=O)Cc2cccc(F)c2)CC1. The van der Waals surface area contributed by atoms with E-state index in [4.69, 9.17) is 4.74 Å². The maximum Gasteiger partial charge on any atom is 0.236 e. The van der Waals surface area contributed by atoms with Crippen LogP contribution in [0.2, 0.25) is 0 Å². The van der Waals surface area contributed by atoms with Gasteiger partial charge in [-0.05, 0) is 24.1 Å². The van der Waals surface area contributed by atoms with Crippen molar-refractivity contribution in [1.29, 1.82) is 0 Å². The van der Waals surface area contributed by atoms with E-state index >= 15 is 0 Å². The van der Waals surface area contributed by atoms with E-state index in [0.717, 1.165) is 6.42 Å². The van der Waals surface area contributed by atoms with Gasteiger partial charge < -0.3 is 19.9 Å². The molecule has 0 aliphatic carbocycles. The maximum absolute atomic E-state index is 13.2. The Bertz CT molecular complexity index is 582. The lowest BCUT2D eigenvalue weighted by Crippen LogP contribution is -2.41.